The number of hydrogen-bond donors (Lipinski definition) is 1. The van der Waals surface area contributed by atoms with Crippen molar-refractivity contribution in [2.24, 2.45) is 11.8 Å². The standard InChI is InChI=1S/C21H28N2O3S/c1-14-7-5-9-16(15(14)2)22-19(24)13-26-21(25)12-6-11-20-23-17-8-3-4-10-18(17)27-20/h3-4,8,10,14-16H,5-7,9,11-13H2,1-2H3,(H,22,24)/t14-,15+,16+/m0/s1. The van der Waals surface area contributed by atoms with Gasteiger partial charge in [-0.15, -0.1) is 11.3 Å². The normalized spacial score (nSPS) is 22.5. The van der Waals surface area contributed by atoms with E-state index in [9.17, 15) is 9.59 Å². The van der Waals surface area contributed by atoms with Crippen LogP contribution in [0.1, 0.15) is 51.0 Å². The minimum Gasteiger partial charge on any atom is -0.456 e. The van der Waals surface area contributed by atoms with Gasteiger partial charge in [-0.05, 0) is 43.2 Å². The van der Waals surface area contributed by atoms with Crippen LogP contribution >= 0.6 is 11.3 Å². The fourth-order valence-electron chi connectivity index (χ4n) is 3.66. The summed E-state index contributed by atoms with van der Waals surface area (Å²) in [7, 11) is 0. The maximum absolute atomic E-state index is 12.1. The van der Waals surface area contributed by atoms with E-state index in [0.717, 1.165) is 34.5 Å². The minimum atomic E-state index is -0.323. The number of aryl methyl sites for hydroxylation is 1. The average Bonchev–Trinajstić information content (AvgIpc) is 3.06. The van der Waals surface area contributed by atoms with Gasteiger partial charge in [-0.1, -0.05) is 38.8 Å². The van der Waals surface area contributed by atoms with Gasteiger partial charge in [-0.2, -0.15) is 0 Å². The number of nitrogens with one attached hydrogen (secondary N) is 1. The highest BCUT2D eigenvalue weighted by Gasteiger charge is 2.28. The molecule has 1 saturated carbocycles. The predicted molar refractivity (Wildman–Crippen MR) is 108 cm³/mol. The molecule has 1 aromatic carbocycles. The summed E-state index contributed by atoms with van der Waals surface area (Å²) in [5, 5.41) is 4.06. The molecule has 0 bridgehead atoms. The maximum atomic E-state index is 12.1. The van der Waals surface area contributed by atoms with Crippen LogP contribution in [0.5, 0.6) is 0 Å². The summed E-state index contributed by atoms with van der Waals surface area (Å²) in [5.41, 5.74) is 1.00. The van der Waals surface area contributed by atoms with Gasteiger partial charge < -0.3 is 10.1 Å². The van der Waals surface area contributed by atoms with Gasteiger partial charge in [-0.25, -0.2) is 4.98 Å². The first kappa shape index (κ1) is 19.8. The van der Waals surface area contributed by atoms with Crippen LogP contribution in [-0.4, -0.2) is 29.5 Å². The van der Waals surface area contributed by atoms with Gasteiger partial charge in [0.25, 0.3) is 5.91 Å². The quantitative estimate of drug-likeness (QED) is 0.725. The molecule has 146 valence electrons. The van der Waals surface area contributed by atoms with E-state index in [1.165, 1.54) is 6.42 Å². The Balaban J connectivity index is 1.35. The van der Waals surface area contributed by atoms with Gasteiger partial charge in [0.05, 0.1) is 15.2 Å². The number of amides is 1. The number of carbonyl (C=O) groups excluding carboxylic acids is 2. The molecule has 3 rings (SSSR count). The molecule has 1 N–H and O–H groups in total. The van der Waals surface area contributed by atoms with Gasteiger partial charge in [0.2, 0.25) is 0 Å². The Kier molecular flexibility index (Phi) is 6.83. The summed E-state index contributed by atoms with van der Waals surface area (Å²) in [6, 6.07) is 8.22. The monoisotopic (exact) mass is 388 g/mol. The molecule has 0 aliphatic heterocycles. The van der Waals surface area contributed by atoms with Crippen LogP contribution in [0.4, 0.5) is 0 Å². The fourth-order valence-corrected chi connectivity index (χ4v) is 4.67. The molecule has 2 aromatic rings. The second-order valence-corrected chi connectivity index (χ2v) is 8.65. The molecular weight excluding hydrogens is 360 g/mol. The van der Waals surface area contributed by atoms with Gasteiger partial charge in [0.15, 0.2) is 6.61 Å². The number of benzene rings is 1. The highest BCUT2D eigenvalue weighted by molar-refractivity contribution is 7.18. The van der Waals surface area contributed by atoms with E-state index < -0.39 is 0 Å². The van der Waals surface area contributed by atoms with E-state index in [1.54, 1.807) is 11.3 Å². The number of para-hydroxylation sites is 1. The van der Waals surface area contributed by atoms with Crippen LogP contribution < -0.4 is 5.32 Å². The third kappa shape index (κ3) is 5.51. The van der Waals surface area contributed by atoms with E-state index in [-0.39, 0.29) is 24.5 Å². The lowest BCUT2D eigenvalue weighted by atomic mass is 9.78. The highest BCUT2D eigenvalue weighted by atomic mass is 32.1. The summed E-state index contributed by atoms with van der Waals surface area (Å²) < 4.78 is 6.30. The molecule has 1 heterocycles. The number of esters is 1. The predicted octanol–water partition coefficient (Wildman–Crippen LogP) is 4.10. The van der Waals surface area contributed by atoms with Gasteiger partial charge >= 0.3 is 5.97 Å². The van der Waals surface area contributed by atoms with E-state index in [2.05, 4.69) is 30.2 Å². The lowest BCUT2D eigenvalue weighted by Gasteiger charge is -2.34. The van der Waals surface area contributed by atoms with Crippen molar-refractivity contribution >= 4 is 33.4 Å². The van der Waals surface area contributed by atoms with Crippen LogP contribution in [0, 0.1) is 11.8 Å². The first-order chi connectivity index (χ1) is 13.0. The molecule has 0 unspecified atom stereocenters. The Morgan fingerprint density at radius 3 is 2.89 bits per heavy atom. The van der Waals surface area contributed by atoms with Crippen molar-refractivity contribution in [3.63, 3.8) is 0 Å². The van der Waals surface area contributed by atoms with Crippen LogP contribution in [0.25, 0.3) is 10.2 Å². The van der Waals surface area contributed by atoms with Crippen molar-refractivity contribution in [3.05, 3.63) is 29.3 Å². The maximum Gasteiger partial charge on any atom is 0.306 e. The molecule has 0 radical (unpaired) electrons. The van der Waals surface area contributed by atoms with Gasteiger partial charge in [-0.3, -0.25) is 9.59 Å². The lowest BCUT2D eigenvalue weighted by molar-refractivity contribution is -0.149. The SMILES string of the molecule is C[C@@H]1[C@@H](C)CCC[C@H]1NC(=O)COC(=O)CCCc1nc2ccccc2s1. The number of thiazole rings is 1. The Morgan fingerprint density at radius 1 is 1.26 bits per heavy atom. The minimum absolute atomic E-state index is 0.183. The number of fused-ring (bicyclic) bond motifs is 1. The van der Waals surface area contributed by atoms with Crippen molar-refractivity contribution < 1.29 is 14.3 Å². The van der Waals surface area contributed by atoms with Crippen molar-refractivity contribution in [2.45, 2.75) is 58.4 Å². The largest absolute Gasteiger partial charge is 0.456 e. The Hall–Kier alpha value is -1.95. The highest BCUT2D eigenvalue weighted by Crippen LogP contribution is 2.29. The van der Waals surface area contributed by atoms with Gasteiger partial charge in [0.1, 0.15) is 0 Å². The summed E-state index contributed by atoms with van der Waals surface area (Å²) in [6.07, 6.45) is 5.10. The molecule has 0 spiro atoms. The van der Waals surface area contributed by atoms with Crippen LogP contribution in [0.2, 0.25) is 0 Å². The molecule has 6 heteroatoms. The molecule has 1 aliphatic carbocycles. The lowest BCUT2D eigenvalue weighted by Crippen LogP contribution is -2.45. The average molecular weight is 389 g/mol. The van der Waals surface area contributed by atoms with Crippen molar-refractivity contribution in [1.29, 1.82) is 0 Å². The third-order valence-electron chi connectivity index (χ3n) is 5.53. The molecular formula is C21H28N2O3S. The zero-order valence-electron chi connectivity index (χ0n) is 16.1. The number of ether oxygens (including phenoxy) is 1. The summed E-state index contributed by atoms with van der Waals surface area (Å²) in [4.78, 5) is 28.5. The smallest absolute Gasteiger partial charge is 0.306 e. The van der Waals surface area contributed by atoms with Crippen LogP contribution in [-0.2, 0) is 20.7 Å². The van der Waals surface area contributed by atoms with E-state index in [0.29, 0.717) is 24.7 Å². The van der Waals surface area contributed by atoms with Crippen molar-refractivity contribution in [1.82, 2.24) is 10.3 Å². The topological polar surface area (TPSA) is 68.3 Å². The Bertz CT molecular complexity index is 756. The summed E-state index contributed by atoms with van der Waals surface area (Å²) >= 11 is 1.66. The number of aromatic nitrogens is 1. The molecule has 27 heavy (non-hydrogen) atoms. The molecule has 1 aliphatic rings. The Morgan fingerprint density at radius 2 is 2.07 bits per heavy atom. The first-order valence-electron chi connectivity index (χ1n) is 9.82. The molecule has 1 amide bonds. The van der Waals surface area contributed by atoms with Crippen LogP contribution in [0.3, 0.4) is 0 Å². The number of hydrogen-bond acceptors (Lipinski definition) is 5. The van der Waals surface area contributed by atoms with Crippen molar-refractivity contribution in [2.75, 3.05) is 6.61 Å². The zero-order valence-corrected chi connectivity index (χ0v) is 16.9. The third-order valence-corrected chi connectivity index (χ3v) is 6.62. The molecule has 3 atom stereocenters. The Labute approximate surface area is 164 Å². The van der Waals surface area contributed by atoms with E-state index >= 15 is 0 Å². The second kappa shape index (κ2) is 9.31. The molecule has 5 nitrogen and oxygen atoms in total. The molecule has 1 fully saturated rings. The molecule has 1 aromatic heterocycles. The fraction of sp³-hybridized carbons (Fsp3) is 0.571. The number of rotatable bonds is 7. The summed E-state index contributed by atoms with van der Waals surface area (Å²) in [6.45, 7) is 4.23. The zero-order chi connectivity index (χ0) is 19.2. The van der Waals surface area contributed by atoms with Crippen LogP contribution in [0.15, 0.2) is 24.3 Å². The van der Waals surface area contributed by atoms with Crippen molar-refractivity contribution in [3.8, 4) is 0 Å². The van der Waals surface area contributed by atoms with E-state index in [1.807, 2.05) is 18.2 Å². The molecule has 0 saturated heterocycles. The first-order valence-corrected chi connectivity index (χ1v) is 10.6. The van der Waals surface area contributed by atoms with Gasteiger partial charge in [0, 0.05) is 12.5 Å². The summed E-state index contributed by atoms with van der Waals surface area (Å²) in [5.74, 6) is 0.568. The number of nitrogens with zero attached hydrogens (tertiary/aromatic N) is 1. The van der Waals surface area contributed by atoms with E-state index in [4.69, 9.17) is 4.74 Å². The second-order valence-electron chi connectivity index (χ2n) is 7.53. The number of carbonyl (C=O) groups is 2.